The Bertz CT molecular complexity index is 489. The Hall–Kier alpha value is -1.60. The number of nitriles is 1. The molecule has 0 spiro atoms. The lowest BCUT2D eigenvalue weighted by atomic mass is 9.82. The van der Waals surface area contributed by atoms with Gasteiger partial charge >= 0.3 is 0 Å². The number of nitrogens with one attached hydrogen (secondary N) is 1. The Kier molecular flexibility index (Phi) is 3.83. The van der Waals surface area contributed by atoms with E-state index >= 15 is 0 Å². The normalized spacial score (nSPS) is 17.8. The molecule has 1 aliphatic carbocycles. The van der Waals surface area contributed by atoms with Crippen LogP contribution in [0, 0.1) is 11.3 Å². The number of aromatic nitrogens is 1. The number of carbonyl (C=O) groups is 1. The molecule has 1 aliphatic rings. The van der Waals surface area contributed by atoms with E-state index in [4.69, 9.17) is 11.6 Å². The monoisotopic (exact) mass is 263 g/mol. The maximum Gasteiger partial charge on any atom is 0.255 e. The lowest BCUT2D eigenvalue weighted by Crippen LogP contribution is -2.48. The van der Waals surface area contributed by atoms with Crippen LogP contribution in [0.2, 0.25) is 5.02 Å². The van der Waals surface area contributed by atoms with Crippen molar-refractivity contribution in [2.24, 2.45) is 0 Å². The van der Waals surface area contributed by atoms with Gasteiger partial charge in [0.15, 0.2) is 0 Å². The lowest BCUT2D eigenvalue weighted by molar-refractivity contribution is 0.0902. The van der Waals surface area contributed by atoms with Crippen molar-refractivity contribution < 1.29 is 4.79 Å². The van der Waals surface area contributed by atoms with Crippen LogP contribution < -0.4 is 5.32 Å². The first-order chi connectivity index (χ1) is 8.67. The van der Waals surface area contributed by atoms with E-state index in [1.165, 1.54) is 12.4 Å². The van der Waals surface area contributed by atoms with Gasteiger partial charge in [-0.05, 0) is 18.9 Å². The minimum absolute atomic E-state index is 0.319. The zero-order chi connectivity index (χ0) is 13.0. The fraction of sp³-hybridized carbons (Fsp3) is 0.462. The van der Waals surface area contributed by atoms with Crippen molar-refractivity contribution in [2.75, 3.05) is 0 Å². The highest BCUT2D eigenvalue weighted by atomic mass is 35.5. The highest BCUT2D eigenvalue weighted by Gasteiger charge is 2.34. The highest BCUT2D eigenvalue weighted by molar-refractivity contribution is 6.33. The van der Waals surface area contributed by atoms with Gasteiger partial charge in [0.25, 0.3) is 5.91 Å². The number of halogens is 1. The van der Waals surface area contributed by atoms with Crippen LogP contribution in [0.25, 0.3) is 0 Å². The fourth-order valence-electron chi connectivity index (χ4n) is 2.25. The summed E-state index contributed by atoms with van der Waals surface area (Å²) in [6.45, 7) is 0. The zero-order valence-electron chi connectivity index (χ0n) is 9.95. The van der Waals surface area contributed by atoms with Gasteiger partial charge in [-0.2, -0.15) is 5.26 Å². The van der Waals surface area contributed by atoms with Crippen molar-refractivity contribution in [1.29, 1.82) is 5.26 Å². The van der Waals surface area contributed by atoms with E-state index in [1.54, 1.807) is 6.07 Å². The summed E-state index contributed by atoms with van der Waals surface area (Å²) in [6, 6.07) is 3.81. The summed E-state index contributed by atoms with van der Waals surface area (Å²) in [7, 11) is 0. The predicted molar refractivity (Wildman–Crippen MR) is 68.1 cm³/mol. The van der Waals surface area contributed by atoms with Crippen LogP contribution in [-0.2, 0) is 0 Å². The molecule has 0 unspecified atom stereocenters. The molecule has 18 heavy (non-hydrogen) atoms. The molecule has 1 saturated carbocycles. The van der Waals surface area contributed by atoms with Gasteiger partial charge in [-0.25, -0.2) is 0 Å². The molecule has 0 aliphatic heterocycles. The maximum atomic E-state index is 12.1. The quantitative estimate of drug-likeness (QED) is 0.892. The summed E-state index contributed by atoms with van der Waals surface area (Å²) in [5, 5.41) is 12.5. The second-order valence-corrected chi connectivity index (χ2v) is 4.97. The Morgan fingerprint density at radius 2 is 2.17 bits per heavy atom. The molecule has 0 bridgehead atoms. The topological polar surface area (TPSA) is 65.8 Å². The number of hydrogen-bond acceptors (Lipinski definition) is 3. The summed E-state index contributed by atoms with van der Waals surface area (Å²) >= 11 is 5.94. The average Bonchev–Trinajstić information content (AvgIpc) is 2.40. The van der Waals surface area contributed by atoms with Gasteiger partial charge in [-0.15, -0.1) is 0 Å². The highest BCUT2D eigenvalue weighted by Crippen LogP contribution is 2.28. The summed E-state index contributed by atoms with van der Waals surface area (Å²) in [5.74, 6) is -0.323. The molecule has 94 valence electrons. The number of hydrogen-bond donors (Lipinski definition) is 1. The summed E-state index contributed by atoms with van der Waals surface area (Å²) in [5.41, 5.74) is -0.423. The largest absolute Gasteiger partial charge is 0.334 e. The van der Waals surface area contributed by atoms with E-state index in [-0.39, 0.29) is 5.91 Å². The van der Waals surface area contributed by atoms with Gasteiger partial charge in [0, 0.05) is 12.4 Å². The van der Waals surface area contributed by atoms with E-state index in [9.17, 15) is 10.1 Å². The van der Waals surface area contributed by atoms with Gasteiger partial charge in [-0.1, -0.05) is 30.9 Å². The van der Waals surface area contributed by atoms with E-state index in [0.717, 1.165) is 19.3 Å². The van der Waals surface area contributed by atoms with Crippen LogP contribution >= 0.6 is 11.6 Å². The Morgan fingerprint density at radius 1 is 1.44 bits per heavy atom. The van der Waals surface area contributed by atoms with Crippen molar-refractivity contribution in [1.82, 2.24) is 10.3 Å². The fourth-order valence-corrected chi connectivity index (χ4v) is 2.44. The number of carbonyl (C=O) groups excluding carboxylic acids is 1. The summed E-state index contributed by atoms with van der Waals surface area (Å²) in [4.78, 5) is 16.0. The van der Waals surface area contributed by atoms with E-state index in [2.05, 4.69) is 16.4 Å². The molecule has 1 heterocycles. The zero-order valence-corrected chi connectivity index (χ0v) is 10.7. The van der Waals surface area contributed by atoms with Crippen LogP contribution in [0.4, 0.5) is 0 Å². The van der Waals surface area contributed by atoms with Crippen LogP contribution in [0.5, 0.6) is 0 Å². The smallest absolute Gasteiger partial charge is 0.255 e. The third-order valence-corrected chi connectivity index (χ3v) is 3.62. The van der Waals surface area contributed by atoms with Crippen molar-refractivity contribution in [3.05, 3.63) is 29.0 Å². The molecule has 2 rings (SSSR count). The van der Waals surface area contributed by atoms with Gasteiger partial charge < -0.3 is 5.32 Å². The van der Waals surface area contributed by atoms with Gasteiger partial charge in [-0.3, -0.25) is 9.78 Å². The molecular weight excluding hydrogens is 250 g/mol. The lowest BCUT2D eigenvalue weighted by Gasteiger charge is -2.31. The molecule has 1 fully saturated rings. The number of pyridine rings is 1. The van der Waals surface area contributed by atoms with Crippen molar-refractivity contribution in [2.45, 2.75) is 37.6 Å². The van der Waals surface area contributed by atoms with Gasteiger partial charge in [0.2, 0.25) is 0 Å². The molecule has 0 aromatic carbocycles. The van der Waals surface area contributed by atoms with Crippen molar-refractivity contribution >= 4 is 17.5 Å². The van der Waals surface area contributed by atoms with Gasteiger partial charge in [0.05, 0.1) is 16.7 Å². The third kappa shape index (κ3) is 2.62. The second kappa shape index (κ2) is 5.36. The van der Waals surface area contributed by atoms with Crippen LogP contribution in [0.1, 0.15) is 42.5 Å². The van der Waals surface area contributed by atoms with Crippen LogP contribution in [0.3, 0.4) is 0 Å². The summed E-state index contributed by atoms with van der Waals surface area (Å²) in [6.07, 6.45) is 7.40. The molecular formula is C13H14ClN3O. The standard InChI is InChI=1S/C13H14ClN3O/c14-11-4-7-16-8-10(11)12(18)17-13(9-15)5-2-1-3-6-13/h4,7-8H,1-3,5-6H2,(H,17,18). The SMILES string of the molecule is N#CC1(NC(=O)c2cnccc2Cl)CCCCC1. The number of nitrogens with zero attached hydrogens (tertiary/aromatic N) is 2. The Morgan fingerprint density at radius 3 is 2.78 bits per heavy atom. The Balaban J connectivity index is 2.16. The molecule has 0 radical (unpaired) electrons. The molecule has 1 aromatic rings. The first-order valence-electron chi connectivity index (χ1n) is 6.00. The number of amides is 1. The van der Waals surface area contributed by atoms with Gasteiger partial charge in [0.1, 0.15) is 5.54 Å². The molecule has 1 N–H and O–H groups in total. The van der Waals surface area contributed by atoms with E-state index in [0.29, 0.717) is 23.4 Å². The average molecular weight is 264 g/mol. The molecule has 4 nitrogen and oxygen atoms in total. The molecule has 1 aromatic heterocycles. The minimum atomic E-state index is -0.742. The first kappa shape index (κ1) is 12.8. The Labute approximate surface area is 111 Å². The molecule has 1 amide bonds. The number of rotatable bonds is 2. The first-order valence-corrected chi connectivity index (χ1v) is 6.38. The van der Waals surface area contributed by atoms with Crippen LogP contribution in [-0.4, -0.2) is 16.4 Å². The van der Waals surface area contributed by atoms with Crippen LogP contribution in [0.15, 0.2) is 18.5 Å². The third-order valence-electron chi connectivity index (χ3n) is 3.29. The maximum absolute atomic E-state index is 12.1. The van der Waals surface area contributed by atoms with E-state index in [1.807, 2.05) is 0 Å². The van der Waals surface area contributed by atoms with Crippen molar-refractivity contribution in [3.8, 4) is 6.07 Å². The molecule has 0 saturated heterocycles. The second-order valence-electron chi connectivity index (χ2n) is 4.56. The van der Waals surface area contributed by atoms with E-state index < -0.39 is 5.54 Å². The van der Waals surface area contributed by atoms with Crippen molar-refractivity contribution in [3.63, 3.8) is 0 Å². The predicted octanol–water partition coefficient (Wildman–Crippen LogP) is 2.69. The minimum Gasteiger partial charge on any atom is -0.334 e. The summed E-state index contributed by atoms with van der Waals surface area (Å²) < 4.78 is 0. The molecule has 5 heteroatoms. The molecule has 0 atom stereocenters.